The minimum absolute atomic E-state index is 0.734. The molecule has 0 bridgehead atoms. The molecule has 0 saturated heterocycles. The topological polar surface area (TPSA) is 39.2 Å². The van der Waals surface area contributed by atoms with Crippen molar-refractivity contribution in [1.82, 2.24) is 5.16 Å². The molecule has 0 N–H and O–H groups in total. The quantitative estimate of drug-likeness (QED) is 0.603. The molecule has 0 spiro atoms. The van der Waals surface area contributed by atoms with Gasteiger partial charge in [0.1, 0.15) is 0 Å². The summed E-state index contributed by atoms with van der Waals surface area (Å²) in [4.78, 5) is 0. The van der Waals surface area contributed by atoms with E-state index in [2.05, 4.69) is 5.16 Å². The van der Waals surface area contributed by atoms with Gasteiger partial charge in [-0.25, -0.2) is 0 Å². The molecule has 3 heteroatoms. The fourth-order valence-corrected chi connectivity index (χ4v) is 1.64. The summed E-state index contributed by atoms with van der Waals surface area (Å²) >= 11 is 0. The first kappa shape index (κ1) is 8.29. The van der Waals surface area contributed by atoms with Gasteiger partial charge in [-0.1, -0.05) is 11.2 Å². The van der Waals surface area contributed by atoms with Crippen LogP contribution in [0.3, 0.4) is 0 Å². The average Bonchev–Trinajstić information content (AvgIpc) is 2.82. The molecule has 3 rings (SSSR count). The molecule has 0 aliphatic heterocycles. The van der Waals surface area contributed by atoms with E-state index < -0.39 is 0 Å². The highest BCUT2D eigenvalue weighted by atomic mass is 16.5. The second kappa shape index (κ2) is 2.98. The molecule has 74 valence electrons. The molecule has 0 radical (unpaired) electrons. The van der Waals surface area contributed by atoms with Gasteiger partial charge in [0.2, 0.25) is 0 Å². The molecule has 0 amide bonds. The molecule has 2 aromatic heterocycles. The first-order chi connectivity index (χ1) is 7.34. The van der Waals surface area contributed by atoms with Crippen LogP contribution in [0.4, 0.5) is 0 Å². The van der Waals surface area contributed by atoms with Crippen LogP contribution in [0.5, 0.6) is 0 Å². The van der Waals surface area contributed by atoms with Gasteiger partial charge in [0, 0.05) is 0 Å². The Hall–Kier alpha value is -2.03. The predicted octanol–water partition coefficient (Wildman–Crippen LogP) is 3.40. The number of benzene rings is 1. The number of aromatic nitrogens is 1. The van der Waals surface area contributed by atoms with Crippen molar-refractivity contribution in [2.45, 2.75) is 6.92 Å². The highest BCUT2D eigenvalue weighted by molar-refractivity contribution is 5.90. The summed E-state index contributed by atoms with van der Waals surface area (Å²) in [6.07, 6.45) is 1.63. The lowest BCUT2D eigenvalue weighted by Crippen LogP contribution is -1.74. The van der Waals surface area contributed by atoms with Crippen molar-refractivity contribution in [2.75, 3.05) is 0 Å². The van der Waals surface area contributed by atoms with Gasteiger partial charge >= 0.3 is 0 Å². The van der Waals surface area contributed by atoms with Gasteiger partial charge in [-0.15, -0.1) is 0 Å². The van der Waals surface area contributed by atoms with Gasteiger partial charge in [-0.05, 0) is 36.8 Å². The fourth-order valence-electron chi connectivity index (χ4n) is 1.64. The van der Waals surface area contributed by atoms with Gasteiger partial charge in [0.25, 0.3) is 0 Å². The predicted molar refractivity (Wildman–Crippen MR) is 56.4 cm³/mol. The Bertz CT molecular complexity index is 593. The molecule has 0 unspecified atom stereocenters. The number of hydrogen-bond acceptors (Lipinski definition) is 3. The van der Waals surface area contributed by atoms with Crippen LogP contribution in [-0.2, 0) is 0 Å². The Balaban J connectivity index is 2.29. The molecule has 3 aromatic rings. The van der Waals surface area contributed by atoms with Crippen molar-refractivity contribution in [3.05, 3.63) is 42.2 Å². The fraction of sp³-hybridized carbons (Fsp3) is 0.0833. The number of nitrogens with zero attached hydrogens (tertiary/aromatic N) is 1. The normalized spacial score (nSPS) is 11.0. The second-order valence-corrected chi connectivity index (χ2v) is 3.51. The van der Waals surface area contributed by atoms with E-state index >= 15 is 0 Å². The average molecular weight is 199 g/mol. The Morgan fingerprint density at radius 3 is 2.93 bits per heavy atom. The lowest BCUT2D eigenvalue weighted by Gasteiger charge is -1.91. The van der Waals surface area contributed by atoms with Gasteiger partial charge < -0.3 is 8.94 Å². The Labute approximate surface area is 86.3 Å². The standard InChI is InChI=1S/C12H9NO2/c1-8-4-5-9-11(7-8)15-13-12(9)10-3-2-6-14-10/h2-7H,1H3. The van der Waals surface area contributed by atoms with E-state index in [1.807, 2.05) is 37.3 Å². The maximum atomic E-state index is 5.29. The molecule has 0 fully saturated rings. The van der Waals surface area contributed by atoms with Crippen LogP contribution in [0.2, 0.25) is 0 Å². The van der Waals surface area contributed by atoms with Gasteiger partial charge in [0.15, 0.2) is 17.0 Å². The Morgan fingerprint density at radius 1 is 1.20 bits per heavy atom. The number of rotatable bonds is 1. The van der Waals surface area contributed by atoms with E-state index in [0.717, 1.165) is 28.0 Å². The van der Waals surface area contributed by atoms with E-state index in [1.54, 1.807) is 6.26 Å². The third-order valence-corrected chi connectivity index (χ3v) is 2.38. The largest absolute Gasteiger partial charge is 0.463 e. The van der Waals surface area contributed by atoms with Crippen LogP contribution in [0.15, 0.2) is 45.5 Å². The molecule has 0 aliphatic carbocycles. The highest BCUT2D eigenvalue weighted by Gasteiger charge is 2.11. The van der Waals surface area contributed by atoms with Gasteiger partial charge in [-0.2, -0.15) is 0 Å². The zero-order valence-corrected chi connectivity index (χ0v) is 8.23. The van der Waals surface area contributed by atoms with Crippen molar-refractivity contribution >= 4 is 11.0 Å². The van der Waals surface area contributed by atoms with Crippen molar-refractivity contribution in [3.8, 4) is 11.5 Å². The van der Waals surface area contributed by atoms with Crippen molar-refractivity contribution in [2.24, 2.45) is 0 Å². The smallest absolute Gasteiger partial charge is 0.167 e. The molecular formula is C12H9NO2. The zero-order valence-electron chi connectivity index (χ0n) is 8.23. The summed E-state index contributed by atoms with van der Waals surface area (Å²) in [7, 11) is 0. The van der Waals surface area contributed by atoms with E-state index in [0.29, 0.717) is 0 Å². The van der Waals surface area contributed by atoms with Crippen LogP contribution in [0.1, 0.15) is 5.56 Å². The van der Waals surface area contributed by atoms with E-state index in [-0.39, 0.29) is 0 Å². The zero-order chi connectivity index (χ0) is 10.3. The van der Waals surface area contributed by atoms with Crippen LogP contribution in [-0.4, -0.2) is 5.16 Å². The summed E-state index contributed by atoms with van der Waals surface area (Å²) in [5.74, 6) is 0.734. The van der Waals surface area contributed by atoms with Crippen LogP contribution >= 0.6 is 0 Å². The molecule has 2 heterocycles. The monoisotopic (exact) mass is 199 g/mol. The Morgan fingerprint density at radius 2 is 2.13 bits per heavy atom. The third kappa shape index (κ3) is 1.24. The Kier molecular flexibility index (Phi) is 1.65. The third-order valence-electron chi connectivity index (χ3n) is 2.38. The molecule has 3 nitrogen and oxygen atoms in total. The van der Waals surface area contributed by atoms with Crippen molar-refractivity contribution in [1.29, 1.82) is 0 Å². The van der Waals surface area contributed by atoms with Gasteiger partial charge in [0.05, 0.1) is 11.6 Å². The lowest BCUT2D eigenvalue weighted by atomic mass is 10.1. The molecule has 0 aliphatic rings. The summed E-state index contributed by atoms with van der Waals surface area (Å²) in [5, 5.41) is 4.99. The molecular weight excluding hydrogens is 190 g/mol. The molecule has 0 atom stereocenters. The molecule has 15 heavy (non-hydrogen) atoms. The minimum atomic E-state index is 0.734. The number of aryl methyl sites for hydroxylation is 1. The first-order valence-corrected chi connectivity index (χ1v) is 4.74. The lowest BCUT2D eigenvalue weighted by molar-refractivity contribution is 0.454. The maximum Gasteiger partial charge on any atom is 0.167 e. The van der Waals surface area contributed by atoms with E-state index in [9.17, 15) is 0 Å². The van der Waals surface area contributed by atoms with Gasteiger partial charge in [-0.3, -0.25) is 0 Å². The van der Waals surface area contributed by atoms with Crippen LogP contribution in [0, 0.1) is 6.92 Å². The van der Waals surface area contributed by atoms with Crippen molar-refractivity contribution < 1.29 is 8.94 Å². The van der Waals surface area contributed by atoms with Crippen molar-refractivity contribution in [3.63, 3.8) is 0 Å². The second-order valence-electron chi connectivity index (χ2n) is 3.51. The highest BCUT2D eigenvalue weighted by Crippen LogP contribution is 2.28. The summed E-state index contributed by atoms with van der Waals surface area (Å²) in [5.41, 5.74) is 2.71. The van der Waals surface area contributed by atoms with Crippen LogP contribution < -0.4 is 0 Å². The van der Waals surface area contributed by atoms with E-state index in [1.165, 1.54) is 0 Å². The van der Waals surface area contributed by atoms with Crippen LogP contribution in [0.25, 0.3) is 22.4 Å². The number of fused-ring (bicyclic) bond motifs is 1. The summed E-state index contributed by atoms with van der Waals surface area (Å²) < 4.78 is 10.5. The summed E-state index contributed by atoms with van der Waals surface area (Å²) in [6.45, 7) is 2.02. The number of furan rings is 1. The molecule has 1 aromatic carbocycles. The van der Waals surface area contributed by atoms with E-state index in [4.69, 9.17) is 8.94 Å². The number of hydrogen-bond donors (Lipinski definition) is 0. The maximum absolute atomic E-state index is 5.29. The molecule has 0 saturated carbocycles. The summed E-state index contributed by atoms with van der Waals surface area (Å²) in [6, 6.07) is 9.71. The minimum Gasteiger partial charge on any atom is -0.463 e. The first-order valence-electron chi connectivity index (χ1n) is 4.74. The SMILES string of the molecule is Cc1ccc2c(-c3ccco3)noc2c1.